The molecule has 112 valence electrons. The van der Waals surface area contributed by atoms with Crippen molar-refractivity contribution in [3.63, 3.8) is 0 Å². The largest absolute Gasteiger partial charge is 0.416 e. The van der Waals surface area contributed by atoms with Gasteiger partial charge >= 0.3 is 6.18 Å². The first kappa shape index (κ1) is 16.3. The summed E-state index contributed by atoms with van der Waals surface area (Å²) in [4.78, 5) is 12.0. The molecule has 1 rings (SSSR count). The Kier molecular flexibility index (Phi) is 5.38. The number of halogens is 3. The van der Waals surface area contributed by atoms with Gasteiger partial charge in [-0.15, -0.1) is 0 Å². The first-order chi connectivity index (χ1) is 9.29. The van der Waals surface area contributed by atoms with Crippen molar-refractivity contribution >= 4 is 11.6 Å². The molecule has 1 aromatic carbocycles. The molecule has 0 saturated heterocycles. The highest BCUT2D eigenvalue weighted by Crippen LogP contribution is 2.31. The summed E-state index contributed by atoms with van der Waals surface area (Å²) in [7, 11) is 3.02. The van der Waals surface area contributed by atoms with Gasteiger partial charge in [-0.3, -0.25) is 4.79 Å². The SMILES string of the molecule is CNc1ccc(C(F)(F)F)cc1C(=O)NC(C)COC. The van der Waals surface area contributed by atoms with Crippen LogP contribution in [0.2, 0.25) is 0 Å². The summed E-state index contributed by atoms with van der Waals surface area (Å²) in [6.07, 6.45) is -4.49. The zero-order chi connectivity index (χ0) is 15.3. The van der Waals surface area contributed by atoms with Crippen LogP contribution in [0.5, 0.6) is 0 Å². The third-order valence-electron chi connectivity index (χ3n) is 2.66. The molecule has 20 heavy (non-hydrogen) atoms. The van der Waals surface area contributed by atoms with Crippen LogP contribution in [-0.4, -0.2) is 32.7 Å². The Labute approximate surface area is 115 Å². The molecule has 0 aromatic heterocycles. The summed E-state index contributed by atoms with van der Waals surface area (Å²) < 4.78 is 42.9. The van der Waals surface area contributed by atoms with Crippen molar-refractivity contribution in [2.45, 2.75) is 19.1 Å². The summed E-state index contributed by atoms with van der Waals surface area (Å²) in [5.41, 5.74) is -0.577. The minimum Gasteiger partial charge on any atom is -0.387 e. The minimum atomic E-state index is -4.49. The molecular formula is C13H17F3N2O2. The normalized spacial score (nSPS) is 12.9. The quantitative estimate of drug-likeness (QED) is 0.876. The van der Waals surface area contributed by atoms with Crippen LogP contribution in [0.15, 0.2) is 18.2 Å². The lowest BCUT2D eigenvalue weighted by Crippen LogP contribution is -2.36. The van der Waals surface area contributed by atoms with Gasteiger partial charge < -0.3 is 15.4 Å². The average molecular weight is 290 g/mol. The van der Waals surface area contributed by atoms with E-state index in [1.165, 1.54) is 20.2 Å². The summed E-state index contributed by atoms with van der Waals surface area (Å²) >= 11 is 0. The van der Waals surface area contributed by atoms with Crippen LogP contribution in [0.1, 0.15) is 22.8 Å². The Hall–Kier alpha value is -1.76. The maximum atomic E-state index is 12.7. The van der Waals surface area contributed by atoms with E-state index in [9.17, 15) is 18.0 Å². The predicted molar refractivity (Wildman–Crippen MR) is 69.8 cm³/mol. The number of hydrogen-bond acceptors (Lipinski definition) is 3. The van der Waals surface area contributed by atoms with Gasteiger partial charge in [0.25, 0.3) is 5.91 Å². The van der Waals surface area contributed by atoms with Crippen molar-refractivity contribution < 1.29 is 22.7 Å². The van der Waals surface area contributed by atoms with Gasteiger partial charge in [0.05, 0.1) is 17.7 Å². The zero-order valence-corrected chi connectivity index (χ0v) is 11.5. The highest BCUT2D eigenvalue weighted by atomic mass is 19.4. The van der Waals surface area contributed by atoms with Gasteiger partial charge in [0.1, 0.15) is 0 Å². The third kappa shape index (κ3) is 4.12. The molecule has 0 bridgehead atoms. The summed E-state index contributed by atoms with van der Waals surface area (Å²) in [5.74, 6) is -0.579. The standard InChI is InChI=1S/C13H17F3N2O2/c1-8(7-20-3)18-12(19)10-6-9(13(14,15)16)4-5-11(10)17-2/h4-6,8,17H,7H2,1-3H3,(H,18,19). The molecule has 4 nitrogen and oxygen atoms in total. The molecule has 0 fully saturated rings. The van der Waals surface area contributed by atoms with Gasteiger partial charge in [-0.05, 0) is 25.1 Å². The van der Waals surface area contributed by atoms with Gasteiger partial charge in [-0.1, -0.05) is 0 Å². The van der Waals surface area contributed by atoms with E-state index in [2.05, 4.69) is 10.6 Å². The molecule has 0 radical (unpaired) electrons. The number of rotatable bonds is 5. The lowest BCUT2D eigenvalue weighted by molar-refractivity contribution is -0.137. The Morgan fingerprint density at radius 3 is 2.55 bits per heavy atom. The molecule has 2 N–H and O–H groups in total. The van der Waals surface area contributed by atoms with E-state index in [0.29, 0.717) is 5.69 Å². The van der Waals surface area contributed by atoms with Gasteiger partial charge in [0.2, 0.25) is 0 Å². The number of carbonyl (C=O) groups is 1. The fourth-order valence-corrected chi connectivity index (χ4v) is 1.72. The van der Waals surface area contributed by atoms with Gasteiger partial charge in [0, 0.05) is 25.9 Å². The van der Waals surface area contributed by atoms with Crippen LogP contribution < -0.4 is 10.6 Å². The number of hydrogen-bond donors (Lipinski definition) is 2. The second-order valence-corrected chi connectivity index (χ2v) is 4.34. The summed E-state index contributed by atoms with van der Waals surface area (Å²) in [6.45, 7) is 1.98. The second-order valence-electron chi connectivity index (χ2n) is 4.34. The van der Waals surface area contributed by atoms with E-state index in [1.807, 2.05) is 0 Å². The minimum absolute atomic E-state index is 0.0507. The molecule has 0 saturated carbocycles. The molecule has 0 aliphatic rings. The molecular weight excluding hydrogens is 273 g/mol. The maximum Gasteiger partial charge on any atom is 0.416 e. The van der Waals surface area contributed by atoms with Crippen molar-refractivity contribution in [3.8, 4) is 0 Å². The molecule has 1 amide bonds. The van der Waals surface area contributed by atoms with Crippen LogP contribution in [-0.2, 0) is 10.9 Å². The van der Waals surface area contributed by atoms with Gasteiger partial charge in [-0.25, -0.2) is 0 Å². The molecule has 0 heterocycles. The molecule has 7 heteroatoms. The van der Waals surface area contributed by atoms with E-state index < -0.39 is 17.6 Å². The van der Waals surface area contributed by atoms with Crippen molar-refractivity contribution in [3.05, 3.63) is 29.3 Å². The fraction of sp³-hybridized carbons (Fsp3) is 0.462. The van der Waals surface area contributed by atoms with Gasteiger partial charge in [-0.2, -0.15) is 13.2 Å². The van der Waals surface area contributed by atoms with Crippen LogP contribution in [0.25, 0.3) is 0 Å². The highest BCUT2D eigenvalue weighted by Gasteiger charge is 2.31. The predicted octanol–water partition coefficient (Wildman–Crippen LogP) is 2.51. The lowest BCUT2D eigenvalue weighted by atomic mass is 10.1. The smallest absolute Gasteiger partial charge is 0.387 e. The first-order valence-electron chi connectivity index (χ1n) is 5.98. The molecule has 1 aromatic rings. The number of anilines is 1. The van der Waals surface area contributed by atoms with Crippen LogP contribution in [0.4, 0.5) is 18.9 Å². The van der Waals surface area contributed by atoms with Crippen molar-refractivity contribution in [1.82, 2.24) is 5.32 Å². The van der Waals surface area contributed by atoms with Crippen molar-refractivity contribution in [2.75, 3.05) is 26.1 Å². The number of amides is 1. The highest BCUT2D eigenvalue weighted by molar-refractivity contribution is 6.00. The van der Waals surface area contributed by atoms with Crippen LogP contribution >= 0.6 is 0 Å². The summed E-state index contributed by atoms with van der Waals surface area (Å²) in [6, 6.07) is 2.70. The van der Waals surface area contributed by atoms with E-state index in [1.54, 1.807) is 6.92 Å². The van der Waals surface area contributed by atoms with E-state index in [4.69, 9.17) is 4.74 Å². The molecule has 0 spiro atoms. The van der Waals surface area contributed by atoms with Crippen molar-refractivity contribution in [1.29, 1.82) is 0 Å². The number of ether oxygens (including phenoxy) is 1. The first-order valence-corrected chi connectivity index (χ1v) is 5.98. The molecule has 0 aliphatic heterocycles. The fourth-order valence-electron chi connectivity index (χ4n) is 1.72. The Bertz CT molecular complexity index is 475. The molecule has 1 unspecified atom stereocenters. The third-order valence-corrected chi connectivity index (χ3v) is 2.66. The molecule has 0 aliphatic carbocycles. The monoisotopic (exact) mass is 290 g/mol. The molecule has 1 atom stereocenters. The van der Waals surface area contributed by atoms with E-state index in [-0.39, 0.29) is 18.2 Å². The summed E-state index contributed by atoms with van der Waals surface area (Å²) in [5, 5.41) is 5.28. The van der Waals surface area contributed by atoms with E-state index in [0.717, 1.165) is 12.1 Å². The lowest BCUT2D eigenvalue weighted by Gasteiger charge is -2.16. The van der Waals surface area contributed by atoms with Crippen LogP contribution in [0.3, 0.4) is 0 Å². The van der Waals surface area contributed by atoms with Crippen molar-refractivity contribution in [2.24, 2.45) is 0 Å². The van der Waals surface area contributed by atoms with Crippen LogP contribution in [0, 0.1) is 0 Å². The number of methoxy groups -OCH3 is 1. The zero-order valence-electron chi connectivity index (χ0n) is 11.5. The topological polar surface area (TPSA) is 50.4 Å². The van der Waals surface area contributed by atoms with Gasteiger partial charge in [0.15, 0.2) is 0 Å². The number of nitrogens with one attached hydrogen (secondary N) is 2. The Morgan fingerprint density at radius 2 is 2.05 bits per heavy atom. The Balaban J connectivity index is 3.05. The second kappa shape index (κ2) is 6.60. The Morgan fingerprint density at radius 1 is 1.40 bits per heavy atom. The number of alkyl halides is 3. The number of carbonyl (C=O) groups excluding carboxylic acids is 1. The average Bonchev–Trinajstić information content (AvgIpc) is 2.37. The maximum absolute atomic E-state index is 12.7. The van der Waals surface area contributed by atoms with E-state index >= 15 is 0 Å². The number of benzene rings is 1.